The minimum atomic E-state index is -1.64. The zero-order valence-electron chi connectivity index (χ0n) is 20.4. The van der Waals surface area contributed by atoms with Gasteiger partial charge >= 0.3 is 11.9 Å². The maximum atomic E-state index is 13.2. The van der Waals surface area contributed by atoms with Crippen LogP contribution in [0.1, 0.15) is 77.8 Å². The highest BCUT2D eigenvalue weighted by molar-refractivity contribution is 6.02. The number of hydrogen-bond donors (Lipinski definition) is 1. The molecule has 6 nitrogen and oxygen atoms in total. The highest BCUT2D eigenvalue weighted by Crippen LogP contribution is 2.47. The summed E-state index contributed by atoms with van der Waals surface area (Å²) in [7, 11) is 0. The van der Waals surface area contributed by atoms with Crippen molar-refractivity contribution < 1.29 is 29.0 Å². The lowest BCUT2D eigenvalue weighted by molar-refractivity contribution is -0.173. The van der Waals surface area contributed by atoms with Gasteiger partial charge in [0.2, 0.25) is 0 Å². The quantitative estimate of drug-likeness (QED) is 0.474. The first-order valence-corrected chi connectivity index (χ1v) is 11.5. The third-order valence-corrected chi connectivity index (χ3v) is 5.88. The van der Waals surface area contributed by atoms with Crippen molar-refractivity contribution in [3.63, 3.8) is 0 Å². The molecule has 32 heavy (non-hydrogen) atoms. The Morgan fingerprint density at radius 3 is 1.94 bits per heavy atom. The fraction of sp³-hybridized carbons (Fsp3) is 0.654. The number of ketones is 1. The van der Waals surface area contributed by atoms with Crippen LogP contribution in [0, 0.1) is 23.7 Å². The molecule has 1 aliphatic carbocycles. The molecule has 0 bridgehead atoms. The van der Waals surface area contributed by atoms with Crippen molar-refractivity contribution in [2.75, 3.05) is 13.2 Å². The molecule has 4 atom stereocenters. The number of carbonyl (C=O) groups excluding carboxylic acids is 3. The van der Waals surface area contributed by atoms with Crippen molar-refractivity contribution in [3.8, 4) is 0 Å². The van der Waals surface area contributed by atoms with Crippen molar-refractivity contribution in [2.24, 2.45) is 23.7 Å². The molecule has 0 spiro atoms. The molecule has 2 rings (SSSR count). The molecule has 4 unspecified atom stereocenters. The van der Waals surface area contributed by atoms with Crippen LogP contribution in [-0.2, 0) is 23.9 Å². The van der Waals surface area contributed by atoms with E-state index in [2.05, 4.69) is 13.8 Å². The highest BCUT2D eigenvalue weighted by Gasteiger charge is 2.57. The van der Waals surface area contributed by atoms with E-state index in [0.717, 1.165) is 5.56 Å². The van der Waals surface area contributed by atoms with Crippen LogP contribution >= 0.6 is 0 Å². The standard InChI is InChI=1S/C26H38O6/c1-15(2)13-31-24(28)22-20(27)12-26(7,30)23(25(29)32-14-16(3)4)21(22)19-10-8-18(9-11-19)17(5)6/h8-11,15-17,21-23,30H,12-14H2,1-7H3. The van der Waals surface area contributed by atoms with Crippen LogP contribution < -0.4 is 0 Å². The van der Waals surface area contributed by atoms with Gasteiger partial charge in [0.25, 0.3) is 0 Å². The first-order chi connectivity index (χ1) is 14.8. The lowest BCUT2D eigenvalue weighted by Gasteiger charge is -2.43. The molecule has 0 aliphatic heterocycles. The Hall–Kier alpha value is -2.21. The van der Waals surface area contributed by atoms with Crippen LogP contribution in [0.25, 0.3) is 0 Å². The molecule has 6 heteroatoms. The molecule has 1 N–H and O–H groups in total. The number of aliphatic hydroxyl groups is 1. The average molecular weight is 447 g/mol. The van der Waals surface area contributed by atoms with E-state index >= 15 is 0 Å². The second-order valence-electron chi connectivity index (χ2n) is 10.4. The Bertz CT molecular complexity index is 806. The smallest absolute Gasteiger partial charge is 0.317 e. The van der Waals surface area contributed by atoms with Crippen LogP contribution in [0.5, 0.6) is 0 Å². The number of carbonyl (C=O) groups is 3. The Kier molecular flexibility index (Phi) is 8.63. The SMILES string of the molecule is CC(C)COC(=O)C1C(=O)CC(C)(O)C(C(=O)OCC(C)C)C1c1ccc(C(C)C)cc1. The van der Waals surface area contributed by atoms with Crippen molar-refractivity contribution in [2.45, 2.75) is 72.3 Å². The first kappa shape index (κ1) is 26.0. The molecule has 1 saturated carbocycles. The lowest BCUT2D eigenvalue weighted by atomic mass is 9.61. The van der Waals surface area contributed by atoms with Gasteiger partial charge in [0.1, 0.15) is 5.92 Å². The van der Waals surface area contributed by atoms with Crippen molar-refractivity contribution in [3.05, 3.63) is 35.4 Å². The summed E-state index contributed by atoms with van der Waals surface area (Å²) in [5, 5.41) is 11.2. The normalized spacial score (nSPS) is 26.0. The van der Waals surface area contributed by atoms with Gasteiger partial charge in [-0.1, -0.05) is 65.8 Å². The zero-order chi connectivity index (χ0) is 24.2. The summed E-state index contributed by atoms with van der Waals surface area (Å²) in [6.45, 7) is 13.7. The second-order valence-corrected chi connectivity index (χ2v) is 10.4. The second kappa shape index (κ2) is 10.6. The maximum Gasteiger partial charge on any atom is 0.317 e. The van der Waals surface area contributed by atoms with E-state index in [1.54, 1.807) is 0 Å². The summed E-state index contributed by atoms with van der Waals surface area (Å²) in [6, 6.07) is 7.53. The fourth-order valence-corrected chi connectivity index (χ4v) is 4.20. The number of rotatable bonds is 8. The van der Waals surface area contributed by atoms with E-state index in [-0.39, 0.29) is 31.5 Å². The van der Waals surface area contributed by atoms with Crippen molar-refractivity contribution >= 4 is 17.7 Å². The molecule has 178 valence electrons. The third kappa shape index (κ3) is 6.18. The molecule has 1 aromatic carbocycles. The summed E-state index contributed by atoms with van der Waals surface area (Å²) in [4.78, 5) is 39.3. The molecular formula is C26H38O6. The van der Waals surface area contributed by atoms with E-state index < -0.39 is 41.1 Å². The fourth-order valence-electron chi connectivity index (χ4n) is 4.20. The zero-order valence-corrected chi connectivity index (χ0v) is 20.4. The van der Waals surface area contributed by atoms with E-state index in [0.29, 0.717) is 11.5 Å². The van der Waals surface area contributed by atoms with Crippen molar-refractivity contribution in [1.29, 1.82) is 0 Å². The predicted molar refractivity (Wildman–Crippen MR) is 122 cm³/mol. The minimum absolute atomic E-state index is 0.108. The summed E-state index contributed by atoms with van der Waals surface area (Å²) in [5.41, 5.74) is 0.0997. The van der Waals surface area contributed by atoms with Gasteiger partial charge in [-0.25, -0.2) is 0 Å². The first-order valence-electron chi connectivity index (χ1n) is 11.5. The Morgan fingerprint density at radius 1 is 0.969 bits per heavy atom. The molecule has 0 radical (unpaired) electrons. The van der Waals surface area contributed by atoms with Gasteiger partial charge in [0, 0.05) is 12.3 Å². The van der Waals surface area contributed by atoms with E-state index in [4.69, 9.17) is 9.47 Å². The average Bonchev–Trinajstić information content (AvgIpc) is 2.69. The maximum absolute atomic E-state index is 13.2. The Balaban J connectivity index is 2.54. The predicted octanol–water partition coefficient (Wildman–Crippen LogP) is 4.25. The van der Waals surface area contributed by atoms with Gasteiger partial charge in [-0.2, -0.15) is 0 Å². The van der Waals surface area contributed by atoms with Gasteiger partial charge in [-0.05, 0) is 35.8 Å². The third-order valence-electron chi connectivity index (χ3n) is 5.88. The minimum Gasteiger partial charge on any atom is -0.465 e. The molecule has 1 fully saturated rings. The highest BCUT2D eigenvalue weighted by atomic mass is 16.5. The lowest BCUT2D eigenvalue weighted by Crippen LogP contribution is -2.55. The molecular weight excluding hydrogens is 408 g/mol. The number of benzene rings is 1. The molecule has 0 aromatic heterocycles. The van der Waals surface area contributed by atoms with Gasteiger partial charge < -0.3 is 14.6 Å². The molecule has 0 amide bonds. The van der Waals surface area contributed by atoms with Gasteiger partial charge in [0.05, 0.1) is 24.7 Å². The van der Waals surface area contributed by atoms with Crippen molar-refractivity contribution in [1.82, 2.24) is 0 Å². The van der Waals surface area contributed by atoms with Crippen LogP contribution in [0.3, 0.4) is 0 Å². The van der Waals surface area contributed by atoms with Gasteiger partial charge in [0.15, 0.2) is 5.78 Å². The topological polar surface area (TPSA) is 89.9 Å². The van der Waals surface area contributed by atoms with Crippen LogP contribution in [0.2, 0.25) is 0 Å². The monoisotopic (exact) mass is 446 g/mol. The Morgan fingerprint density at radius 2 is 1.47 bits per heavy atom. The molecule has 0 heterocycles. The van der Waals surface area contributed by atoms with E-state index in [1.807, 2.05) is 52.0 Å². The number of Topliss-reactive ketones (excluding diaryl/α,β-unsaturated/α-hetero) is 1. The number of esters is 2. The van der Waals surface area contributed by atoms with E-state index in [1.165, 1.54) is 6.92 Å². The summed E-state index contributed by atoms with van der Waals surface area (Å²) in [5.74, 6) is -4.26. The van der Waals surface area contributed by atoms with Crippen LogP contribution in [0.4, 0.5) is 0 Å². The summed E-state index contributed by atoms with van der Waals surface area (Å²) < 4.78 is 10.9. The van der Waals surface area contributed by atoms with Gasteiger partial charge in [-0.15, -0.1) is 0 Å². The molecule has 1 aliphatic rings. The van der Waals surface area contributed by atoms with E-state index in [9.17, 15) is 19.5 Å². The molecule has 0 saturated heterocycles. The van der Waals surface area contributed by atoms with Gasteiger partial charge in [-0.3, -0.25) is 14.4 Å². The Labute approximate surface area is 191 Å². The van der Waals surface area contributed by atoms with Crippen LogP contribution in [-0.4, -0.2) is 41.6 Å². The number of hydrogen-bond acceptors (Lipinski definition) is 6. The van der Waals surface area contributed by atoms with Crippen LogP contribution in [0.15, 0.2) is 24.3 Å². The summed E-state index contributed by atoms with van der Waals surface area (Å²) >= 11 is 0. The largest absolute Gasteiger partial charge is 0.465 e. The number of ether oxygens (including phenoxy) is 2. The molecule has 1 aromatic rings. The summed E-state index contributed by atoms with van der Waals surface area (Å²) in [6.07, 6.45) is -0.309.